The maximum Gasteiger partial charge on any atom is 0.264 e. The van der Waals surface area contributed by atoms with Crippen LogP contribution in [0.1, 0.15) is 12.5 Å². The van der Waals surface area contributed by atoms with E-state index >= 15 is 0 Å². The van der Waals surface area contributed by atoms with Gasteiger partial charge in [-0.05, 0) is 55.1 Å². The van der Waals surface area contributed by atoms with Gasteiger partial charge in [-0.2, -0.15) is 0 Å². The lowest BCUT2D eigenvalue weighted by molar-refractivity contribution is -0.115. The van der Waals surface area contributed by atoms with Gasteiger partial charge in [0.25, 0.3) is 5.91 Å². The molecule has 1 saturated heterocycles. The fraction of sp³-hybridized carbons (Fsp3) is 0.111. The number of para-hydroxylation sites is 1. The molecule has 4 nitrogen and oxygen atoms in total. The van der Waals surface area contributed by atoms with Gasteiger partial charge in [-0.25, -0.2) is 9.38 Å². The van der Waals surface area contributed by atoms with E-state index in [-0.39, 0.29) is 11.6 Å². The number of nitrogens with zero attached hydrogens (tertiary/aromatic N) is 1. The number of ether oxygens (including phenoxy) is 1. The largest absolute Gasteiger partial charge is 0.493 e. The van der Waals surface area contributed by atoms with E-state index in [1.54, 1.807) is 42.5 Å². The second-order valence-corrected chi connectivity index (χ2v) is 6.52. The second-order valence-electron chi connectivity index (χ2n) is 5.05. The Morgan fingerprint density at radius 1 is 1.32 bits per heavy atom. The molecule has 1 N–H and O–H groups in total. The van der Waals surface area contributed by atoms with Crippen molar-refractivity contribution in [1.29, 1.82) is 0 Å². The molecule has 7 heteroatoms. The van der Waals surface area contributed by atoms with Crippen LogP contribution in [0.4, 0.5) is 10.1 Å². The third-order valence-corrected chi connectivity index (χ3v) is 4.43. The minimum atomic E-state index is -0.448. The number of thioether (sulfide) groups is 1. The average molecular weight is 377 g/mol. The van der Waals surface area contributed by atoms with Crippen molar-refractivity contribution in [2.75, 3.05) is 6.61 Å². The molecular weight excluding hydrogens is 363 g/mol. The van der Waals surface area contributed by atoms with Crippen LogP contribution < -0.4 is 10.1 Å². The average Bonchev–Trinajstić information content (AvgIpc) is 2.92. The molecule has 0 unspecified atom stereocenters. The third kappa shape index (κ3) is 4.21. The normalized spacial score (nSPS) is 17.2. The highest BCUT2D eigenvalue weighted by molar-refractivity contribution is 8.18. The van der Waals surface area contributed by atoms with Crippen LogP contribution in [0.15, 0.2) is 52.4 Å². The molecular formula is C18H14ClFN2O2S. The van der Waals surface area contributed by atoms with E-state index in [9.17, 15) is 9.18 Å². The molecule has 1 heterocycles. The standard InChI is InChI=1S/C18H14ClFN2O2S/c1-2-24-15-8-7-12(19)9-11(15)10-16-17(23)22-18(25-16)21-14-6-4-3-5-13(14)20/h3-10H,2H2,1H3,(H,21,22,23)/b16-10-. The summed E-state index contributed by atoms with van der Waals surface area (Å²) in [5.41, 5.74) is 0.864. The van der Waals surface area contributed by atoms with Crippen LogP contribution in [0, 0.1) is 5.82 Å². The number of aliphatic imine (C=N–C) groups is 1. The van der Waals surface area contributed by atoms with Crippen molar-refractivity contribution < 1.29 is 13.9 Å². The van der Waals surface area contributed by atoms with Crippen molar-refractivity contribution in [3.05, 3.63) is 63.8 Å². The molecule has 25 heavy (non-hydrogen) atoms. The summed E-state index contributed by atoms with van der Waals surface area (Å²) >= 11 is 7.17. The molecule has 2 aromatic carbocycles. The van der Waals surface area contributed by atoms with Gasteiger partial charge in [-0.15, -0.1) is 0 Å². The van der Waals surface area contributed by atoms with Crippen LogP contribution >= 0.6 is 23.4 Å². The summed E-state index contributed by atoms with van der Waals surface area (Å²) in [5.74, 6) is -0.120. The molecule has 128 valence electrons. The van der Waals surface area contributed by atoms with Crippen molar-refractivity contribution in [3.63, 3.8) is 0 Å². The molecule has 3 rings (SSSR count). The van der Waals surface area contributed by atoms with Crippen molar-refractivity contribution in [1.82, 2.24) is 5.32 Å². The van der Waals surface area contributed by atoms with Crippen molar-refractivity contribution in [3.8, 4) is 5.75 Å². The minimum absolute atomic E-state index is 0.171. The van der Waals surface area contributed by atoms with Gasteiger partial charge in [0.2, 0.25) is 0 Å². The van der Waals surface area contributed by atoms with Gasteiger partial charge in [0.15, 0.2) is 5.17 Å². The summed E-state index contributed by atoms with van der Waals surface area (Å²) in [6.07, 6.45) is 1.68. The van der Waals surface area contributed by atoms with Gasteiger partial charge in [0, 0.05) is 10.6 Å². The van der Waals surface area contributed by atoms with Gasteiger partial charge in [0.1, 0.15) is 17.3 Å². The summed E-state index contributed by atoms with van der Waals surface area (Å²) in [7, 11) is 0. The Hall–Kier alpha value is -2.31. The first kappa shape index (κ1) is 17.5. The first-order valence-electron chi connectivity index (χ1n) is 7.53. The van der Waals surface area contributed by atoms with Gasteiger partial charge >= 0.3 is 0 Å². The number of carbonyl (C=O) groups excluding carboxylic acids is 1. The predicted molar refractivity (Wildman–Crippen MR) is 99.8 cm³/mol. The highest BCUT2D eigenvalue weighted by Gasteiger charge is 2.24. The predicted octanol–water partition coefficient (Wildman–Crippen LogP) is 4.77. The van der Waals surface area contributed by atoms with Crippen LogP contribution in [0.5, 0.6) is 5.75 Å². The summed E-state index contributed by atoms with van der Waals surface area (Å²) in [6, 6.07) is 11.3. The lowest BCUT2D eigenvalue weighted by atomic mass is 10.2. The van der Waals surface area contributed by atoms with E-state index in [0.717, 1.165) is 11.8 Å². The number of carbonyl (C=O) groups is 1. The fourth-order valence-electron chi connectivity index (χ4n) is 2.19. The number of amidine groups is 1. The smallest absolute Gasteiger partial charge is 0.264 e. The molecule has 2 aromatic rings. The van der Waals surface area contributed by atoms with E-state index < -0.39 is 5.82 Å². The van der Waals surface area contributed by atoms with E-state index in [0.29, 0.717) is 33.0 Å². The molecule has 1 aliphatic rings. The number of hydrogen-bond donors (Lipinski definition) is 1. The van der Waals surface area contributed by atoms with Crippen LogP contribution in [-0.4, -0.2) is 17.7 Å². The topological polar surface area (TPSA) is 50.7 Å². The zero-order chi connectivity index (χ0) is 17.8. The second kappa shape index (κ2) is 7.72. The number of nitrogens with one attached hydrogen (secondary N) is 1. The van der Waals surface area contributed by atoms with Crippen LogP contribution in [0.25, 0.3) is 6.08 Å². The Labute approximate surface area is 153 Å². The fourth-order valence-corrected chi connectivity index (χ4v) is 3.20. The Kier molecular flexibility index (Phi) is 5.40. The quantitative estimate of drug-likeness (QED) is 0.782. The molecule has 0 bridgehead atoms. The first-order chi connectivity index (χ1) is 12.1. The summed E-state index contributed by atoms with van der Waals surface area (Å²) in [6.45, 7) is 2.37. The molecule has 0 atom stereocenters. The Balaban J connectivity index is 1.90. The van der Waals surface area contributed by atoms with E-state index in [4.69, 9.17) is 16.3 Å². The van der Waals surface area contributed by atoms with Crippen LogP contribution in [-0.2, 0) is 4.79 Å². The summed E-state index contributed by atoms with van der Waals surface area (Å²) in [5, 5.41) is 3.49. The molecule has 0 spiro atoms. The Bertz CT molecular complexity index is 883. The molecule has 0 aliphatic carbocycles. The van der Waals surface area contributed by atoms with Crippen molar-refractivity contribution in [2.24, 2.45) is 4.99 Å². The molecule has 0 radical (unpaired) electrons. The maximum absolute atomic E-state index is 13.7. The van der Waals surface area contributed by atoms with Gasteiger partial charge in [0.05, 0.1) is 11.5 Å². The van der Waals surface area contributed by atoms with E-state index in [2.05, 4.69) is 10.3 Å². The van der Waals surface area contributed by atoms with Crippen LogP contribution in [0.3, 0.4) is 0 Å². The summed E-state index contributed by atoms with van der Waals surface area (Å²) in [4.78, 5) is 16.7. The van der Waals surface area contributed by atoms with E-state index in [1.165, 1.54) is 6.07 Å². The highest BCUT2D eigenvalue weighted by Crippen LogP contribution is 2.32. The maximum atomic E-state index is 13.7. The van der Waals surface area contributed by atoms with Gasteiger partial charge < -0.3 is 10.1 Å². The van der Waals surface area contributed by atoms with Crippen molar-refractivity contribution in [2.45, 2.75) is 6.92 Å². The van der Waals surface area contributed by atoms with Crippen LogP contribution in [0.2, 0.25) is 5.02 Å². The molecule has 0 saturated carbocycles. The highest BCUT2D eigenvalue weighted by atomic mass is 35.5. The Morgan fingerprint density at radius 2 is 2.12 bits per heavy atom. The number of benzene rings is 2. The summed E-state index contributed by atoms with van der Waals surface area (Å²) < 4.78 is 19.2. The van der Waals surface area contributed by atoms with Gasteiger partial charge in [-0.1, -0.05) is 23.7 Å². The molecule has 1 fully saturated rings. The lowest BCUT2D eigenvalue weighted by Crippen LogP contribution is -2.19. The SMILES string of the molecule is CCOc1ccc(Cl)cc1/C=C1\SC(=Nc2ccccc2F)NC1=O. The van der Waals surface area contributed by atoms with Crippen molar-refractivity contribution >= 4 is 46.2 Å². The number of rotatable bonds is 4. The number of halogens is 2. The number of hydrogen-bond acceptors (Lipinski definition) is 4. The zero-order valence-corrected chi connectivity index (χ0v) is 14.8. The zero-order valence-electron chi connectivity index (χ0n) is 13.3. The first-order valence-corrected chi connectivity index (χ1v) is 8.72. The number of amides is 1. The monoisotopic (exact) mass is 376 g/mol. The molecule has 1 aliphatic heterocycles. The third-order valence-electron chi connectivity index (χ3n) is 3.28. The molecule has 1 amide bonds. The van der Waals surface area contributed by atoms with E-state index in [1.807, 2.05) is 6.92 Å². The Morgan fingerprint density at radius 3 is 2.88 bits per heavy atom. The molecule has 0 aromatic heterocycles. The van der Waals surface area contributed by atoms with Gasteiger partial charge in [-0.3, -0.25) is 4.79 Å². The lowest BCUT2D eigenvalue weighted by Gasteiger charge is -2.07. The minimum Gasteiger partial charge on any atom is -0.493 e.